The first-order chi connectivity index (χ1) is 17.9. The summed E-state index contributed by atoms with van der Waals surface area (Å²) < 4.78 is 14.8. The monoisotopic (exact) mass is 495 g/mol. The Balaban J connectivity index is 1.65. The molecule has 1 fully saturated rings. The van der Waals surface area contributed by atoms with Crippen LogP contribution in [0, 0.1) is 18.7 Å². The average Bonchev–Trinajstić information content (AvgIpc) is 2.90. The molecule has 1 heterocycles. The predicted octanol–water partition coefficient (Wildman–Crippen LogP) is 6.43. The fourth-order valence-electron chi connectivity index (χ4n) is 5.74. The van der Waals surface area contributed by atoms with Crippen molar-refractivity contribution in [2.24, 2.45) is 5.92 Å². The highest BCUT2D eigenvalue weighted by Gasteiger charge is 2.43. The van der Waals surface area contributed by atoms with Gasteiger partial charge in [0.2, 0.25) is 0 Å². The highest BCUT2D eigenvalue weighted by molar-refractivity contribution is 5.99. The van der Waals surface area contributed by atoms with E-state index in [1.807, 2.05) is 36.4 Å². The van der Waals surface area contributed by atoms with Gasteiger partial charge in [-0.3, -0.25) is 9.69 Å². The number of hydrogen-bond acceptors (Lipinski definition) is 4. The third-order valence-corrected chi connectivity index (χ3v) is 7.50. The SMILES string of the molecule is Cc1c(F)cccc1[C@H]1[C@@H](C(=O)c2cccc(O)c2)CN(Cc2ccccc2)C[C@@H]1c1ccccc1O. The molecular weight excluding hydrogens is 465 g/mol. The van der Waals surface area contributed by atoms with Crippen LogP contribution in [0.4, 0.5) is 4.39 Å². The summed E-state index contributed by atoms with van der Waals surface area (Å²) in [5, 5.41) is 21.0. The molecule has 4 aromatic carbocycles. The predicted molar refractivity (Wildman–Crippen MR) is 142 cm³/mol. The van der Waals surface area contributed by atoms with Crippen molar-refractivity contribution in [3.8, 4) is 11.5 Å². The molecule has 0 bridgehead atoms. The number of ketones is 1. The molecule has 5 rings (SSSR count). The van der Waals surface area contributed by atoms with Crippen LogP contribution >= 0.6 is 0 Å². The maximum absolute atomic E-state index is 14.8. The third kappa shape index (κ3) is 5.13. The van der Waals surface area contributed by atoms with Crippen molar-refractivity contribution in [2.75, 3.05) is 13.1 Å². The fourth-order valence-corrected chi connectivity index (χ4v) is 5.74. The average molecular weight is 496 g/mol. The first kappa shape index (κ1) is 24.7. The van der Waals surface area contributed by atoms with Crippen molar-refractivity contribution in [2.45, 2.75) is 25.3 Å². The van der Waals surface area contributed by atoms with Gasteiger partial charge in [0.15, 0.2) is 5.78 Å². The number of halogens is 1. The molecule has 1 saturated heterocycles. The molecule has 5 heteroatoms. The molecule has 0 aliphatic carbocycles. The minimum absolute atomic E-state index is 0.0264. The third-order valence-electron chi connectivity index (χ3n) is 7.50. The molecular formula is C32H30FNO3. The van der Waals surface area contributed by atoms with Crippen LogP contribution in [0.1, 0.15) is 44.4 Å². The van der Waals surface area contributed by atoms with Crippen LogP contribution in [0.15, 0.2) is 97.1 Å². The summed E-state index contributed by atoms with van der Waals surface area (Å²) in [6.07, 6.45) is 0. The van der Waals surface area contributed by atoms with Gasteiger partial charge in [-0.1, -0.05) is 72.8 Å². The Morgan fingerprint density at radius 3 is 2.32 bits per heavy atom. The number of likely N-dealkylation sites (tertiary alicyclic amines) is 1. The molecule has 0 radical (unpaired) electrons. The standard InChI is InChI=1S/C32H30FNO3/c1-21-25(14-8-15-29(21)33)31-27(26-13-5-6-16-30(26)36)19-34(18-22-9-3-2-4-10-22)20-28(31)32(37)23-11-7-12-24(35)17-23/h2-17,27-28,31,35-36H,18-20H2,1H3/t27-,28+,31-/m1/s1. The van der Waals surface area contributed by atoms with Crippen molar-refractivity contribution in [3.63, 3.8) is 0 Å². The number of phenols is 2. The summed E-state index contributed by atoms with van der Waals surface area (Å²) in [5.41, 5.74) is 3.57. The lowest BCUT2D eigenvalue weighted by atomic mass is 9.67. The number of para-hydroxylation sites is 1. The van der Waals surface area contributed by atoms with Crippen LogP contribution in [0.5, 0.6) is 11.5 Å². The van der Waals surface area contributed by atoms with E-state index in [-0.39, 0.29) is 34.9 Å². The van der Waals surface area contributed by atoms with Crippen LogP contribution in [0.25, 0.3) is 0 Å². The van der Waals surface area contributed by atoms with E-state index in [1.165, 1.54) is 12.1 Å². The van der Waals surface area contributed by atoms with E-state index in [0.29, 0.717) is 30.8 Å². The van der Waals surface area contributed by atoms with E-state index in [0.717, 1.165) is 16.7 Å². The van der Waals surface area contributed by atoms with Gasteiger partial charge in [-0.05, 0) is 53.4 Å². The van der Waals surface area contributed by atoms with Crippen LogP contribution in [0.3, 0.4) is 0 Å². The Bertz CT molecular complexity index is 1400. The van der Waals surface area contributed by atoms with Gasteiger partial charge < -0.3 is 10.2 Å². The lowest BCUT2D eigenvalue weighted by molar-refractivity contribution is 0.0723. The van der Waals surface area contributed by atoms with Crippen LogP contribution in [0.2, 0.25) is 0 Å². The molecule has 188 valence electrons. The van der Waals surface area contributed by atoms with E-state index in [9.17, 15) is 19.4 Å². The van der Waals surface area contributed by atoms with Crippen molar-refractivity contribution in [3.05, 3.63) is 131 Å². The molecule has 4 nitrogen and oxygen atoms in total. The highest BCUT2D eigenvalue weighted by atomic mass is 19.1. The number of rotatable bonds is 6. The first-order valence-electron chi connectivity index (χ1n) is 12.5. The number of carbonyl (C=O) groups excluding carboxylic acids is 1. The summed E-state index contributed by atoms with van der Waals surface area (Å²) in [7, 11) is 0. The van der Waals surface area contributed by atoms with E-state index >= 15 is 0 Å². The summed E-state index contributed by atoms with van der Waals surface area (Å²) in [4.78, 5) is 16.3. The maximum Gasteiger partial charge on any atom is 0.167 e. The van der Waals surface area contributed by atoms with Gasteiger partial charge >= 0.3 is 0 Å². The minimum Gasteiger partial charge on any atom is -0.508 e. The second kappa shape index (κ2) is 10.6. The number of piperidine rings is 1. The van der Waals surface area contributed by atoms with Crippen molar-refractivity contribution < 1.29 is 19.4 Å². The fraction of sp³-hybridized carbons (Fsp3) is 0.219. The van der Waals surface area contributed by atoms with Gasteiger partial charge in [0.05, 0.1) is 0 Å². The van der Waals surface area contributed by atoms with E-state index in [1.54, 1.807) is 43.3 Å². The molecule has 37 heavy (non-hydrogen) atoms. The molecule has 4 aromatic rings. The summed E-state index contributed by atoms with van der Waals surface area (Å²) in [6, 6.07) is 28.7. The molecule has 1 aliphatic rings. The van der Waals surface area contributed by atoms with Gasteiger partial charge in [-0.2, -0.15) is 0 Å². The zero-order valence-electron chi connectivity index (χ0n) is 20.7. The van der Waals surface area contributed by atoms with Gasteiger partial charge in [-0.25, -0.2) is 4.39 Å². The second-order valence-corrected chi connectivity index (χ2v) is 9.85. The number of carbonyl (C=O) groups is 1. The summed E-state index contributed by atoms with van der Waals surface area (Å²) in [5.74, 6) is -1.39. The molecule has 0 saturated carbocycles. The normalized spacial score (nSPS) is 20.0. The van der Waals surface area contributed by atoms with E-state index in [4.69, 9.17) is 0 Å². The largest absolute Gasteiger partial charge is 0.508 e. The zero-order valence-corrected chi connectivity index (χ0v) is 20.7. The van der Waals surface area contributed by atoms with Gasteiger partial charge in [0.25, 0.3) is 0 Å². The van der Waals surface area contributed by atoms with Crippen LogP contribution in [-0.2, 0) is 6.54 Å². The van der Waals surface area contributed by atoms with Gasteiger partial charge in [0.1, 0.15) is 17.3 Å². The van der Waals surface area contributed by atoms with E-state index in [2.05, 4.69) is 17.0 Å². The van der Waals surface area contributed by atoms with Crippen LogP contribution < -0.4 is 0 Å². The van der Waals surface area contributed by atoms with E-state index < -0.39 is 5.92 Å². The molecule has 0 unspecified atom stereocenters. The zero-order chi connectivity index (χ0) is 25.9. The Hall–Kier alpha value is -3.96. The number of hydrogen-bond donors (Lipinski definition) is 2. The van der Waals surface area contributed by atoms with Crippen molar-refractivity contribution in [1.29, 1.82) is 0 Å². The molecule has 2 N–H and O–H groups in total. The first-order valence-corrected chi connectivity index (χ1v) is 12.5. The Morgan fingerprint density at radius 2 is 1.57 bits per heavy atom. The summed E-state index contributed by atoms with van der Waals surface area (Å²) in [6.45, 7) is 3.45. The van der Waals surface area contributed by atoms with Gasteiger partial charge in [0, 0.05) is 43.0 Å². The maximum atomic E-state index is 14.8. The molecule has 0 aromatic heterocycles. The Morgan fingerprint density at radius 1 is 0.865 bits per heavy atom. The number of aromatic hydroxyl groups is 2. The molecule has 0 amide bonds. The van der Waals surface area contributed by atoms with Crippen LogP contribution in [-0.4, -0.2) is 34.0 Å². The van der Waals surface area contributed by atoms with Crippen molar-refractivity contribution in [1.82, 2.24) is 4.90 Å². The highest BCUT2D eigenvalue weighted by Crippen LogP contribution is 2.47. The summed E-state index contributed by atoms with van der Waals surface area (Å²) >= 11 is 0. The number of benzene rings is 4. The Kier molecular flexibility index (Phi) is 7.06. The quantitative estimate of drug-likeness (QED) is 0.303. The number of Topliss-reactive ketones (excluding diaryl/α,β-unsaturated/α-hetero) is 1. The molecule has 0 spiro atoms. The number of phenolic OH excluding ortho intramolecular Hbond substituents is 2. The Labute approximate surface area is 216 Å². The smallest absolute Gasteiger partial charge is 0.167 e. The lowest BCUT2D eigenvalue weighted by Crippen LogP contribution is -2.47. The molecule has 3 atom stereocenters. The lowest BCUT2D eigenvalue weighted by Gasteiger charge is -2.44. The second-order valence-electron chi connectivity index (χ2n) is 9.85. The number of nitrogens with zero attached hydrogens (tertiary/aromatic N) is 1. The molecule has 1 aliphatic heterocycles. The topological polar surface area (TPSA) is 60.8 Å². The van der Waals surface area contributed by atoms with Crippen molar-refractivity contribution >= 4 is 5.78 Å². The minimum atomic E-state index is -0.524. The van der Waals surface area contributed by atoms with Gasteiger partial charge in [-0.15, -0.1) is 0 Å².